The van der Waals surface area contributed by atoms with Gasteiger partial charge in [-0.3, -0.25) is 9.69 Å². The molecule has 1 aliphatic carbocycles. The average Bonchev–Trinajstić information content (AvgIpc) is 3.22. The normalized spacial score (nSPS) is 21.1. The molecule has 6 nitrogen and oxygen atoms in total. The number of hydrogen-bond acceptors (Lipinski definition) is 5. The van der Waals surface area contributed by atoms with Crippen molar-refractivity contribution in [1.82, 2.24) is 19.9 Å². The van der Waals surface area contributed by atoms with Crippen molar-refractivity contribution in [3.8, 4) is 0 Å². The molecule has 0 aromatic carbocycles. The van der Waals surface area contributed by atoms with Gasteiger partial charge in [-0.2, -0.15) is 4.98 Å². The Hall–Kier alpha value is -1.43. The summed E-state index contributed by atoms with van der Waals surface area (Å²) in [7, 11) is 1.96. The number of carbonyl (C=O) groups is 1. The molecule has 0 N–H and O–H groups in total. The lowest BCUT2D eigenvalue weighted by Crippen LogP contribution is -2.45. The van der Waals surface area contributed by atoms with Gasteiger partial charge in [0.2, 0.25) is 11.8 Å². The van der Waals surface area contributed by atoms with Crippen molar-refractivity contribution >= 4 is 5.91 Å². The average molecular weight is 278 g/mol. The van der Waals surface area contributed by atoms with Gasteiger partial charge in [-0.15, -0.1) is 0 Å². The summed E-state index contributed by atoms with van der Waals surface area (Å²) in [5, 5.41) is 3.93. The SMILES string of the molecule is Cc1nc(CN2CCC(N(C)C(=O)C3CC3)CC2)no1. The maximum Gasteiger partial charge on any atom is 0.225 e. The number of nitrogens with zero attached hydrogens (tertiary/aromatic N) is 4. The van der Waals surface area contributed by atoms with Crippen molar-refractivity contribution in [1.29, 1.82) is 0 Å². The molecule has 1 aromatic rings. The van der Waals surface area contributed by atoms with E-state index in [9.17, 15) is 4.79 Å². The van der Waals surface area contributed by atoms with Gasteiger partial charge in [0.25, 0.3) is 0 Å². The number of rotatable bonds is 4. The summed E-state index contributed by atoms with van der Waals surface area (Å²) in [6.07, 6.45) is 4.23. The first-order valence-corrected chi connectivity index (χ1v) is 7.41. The molecule has 0 unspecified atom stereocenters. The molecule has 3 rings (SSSR count). The summed E-state index contributed by atoms with van der Waals surface area (Å²) in [6.45, 7) is 4.52. The molecule has 2 heterocycles. The Labute approximate surface area is 119 Å². The van der Waals surface area contributed by atoms with Crippen LogP contribution < -0.4 is 0 Å². The van der Waals surface area contributed by atoms with Gasteiger partial charge in [-0.1, -0.05) is 5.16 Å². The zero-order valence-electron chi connectivity index (χ0n) is 12.2. The van der Waals surface area contributed by atoms with Crippen molar-refractivity contribution in [2.45, 2.75) is 45.2 Å². The van der Waals surface area contributed by atoms with Crippen molar-refractivity contribution < 1.29 is 9.32 Å². The molecule has 20 heavy (non-hydrogen) atoms. The lowest BCUT2D eigenvalue weighted by atomic mass is 10.0. The number of likely N-dealkylation sites (tertiary alicyclic amines) is 1. The summed E-state index contributed by atoms with van der Waals surface area (Å²) in [6, 6.07) is 0.395. The fourth-order valence-corrected chi connectivity index (χ4v) is 2.87. The number of aromatic nitrogens is 2. The van der Waals surface area contributed by atoms with E-state index in [2.05, 4.69) is 15.0 Å². The second kappa shape index (κ2) is 5.52. The second-order valence-electron chi connectivity index (χ2n) is 5.96. The summed E-state index contributed by atoms with van der Waals surface area (Å²) in [5.74, 6) is 2.03. The number of hydrogen-bond donors (Lipinski definition) is 0. The van der Waals surface area contributed by atoms with Gasteiger partial charge in [-0.25, -0.2) is 0 Å². The molecular weight excluding hydrogens is 256 g/mol. The molecule has 0 bridgehead atoms. The molecular formula is C14H22N4O2. The smallest absolute Gasteiger partial charge is 0.225 e. The number of amides is 1. The summed E-state index contributed by atoms with van der Waals surface area (Å²) < 4.78 is 4.99. The first kappa shape index (κ1) is 13.5. The van der Waals surface area contributed by atoms with Crippen LogP contribution in [0.15, 0.2) is 4.52 Å². The zero-order chi connectivity index (χ0) is 14.1. The minimum absolute atomic E-state index is 0.320. The third kappa shape index (κ3) is 3.00. The molecule has 1 aliphatic heterocycles. The monoisotopic (exact) mass is 278 g/mol. The van der Waals surface area contributed by atoms with Gasteiger partial charge in [0.05, 0.1) is 6.54 Å². The Bertz CT molecular complexity index is 475. The van der Waals surface area contributed by atoms with E-state index in [0.717, 1.165) is 51.1 Å². The van der Waals surface area contributed by atoms with E-state index in [4.69, 9.17) is 4.52 Å². The molecule has 1 aromatic heterocycles. The van der Waals surface area contributed by atoms with Gasteiger partial charge in [-0.05, 0) is 25.7 Å². The standard InChI is InChI=1S/C14H22N4O2/c1-10-15-13(16-20-10)9-18-7-5-12(6-8-18)17(2)14(19)11-3-4-11/h11-12H,3-9H2,1-2H3. The van der Waals surface area contributed by atoms with Crippen LogP contribution in [0.25, 0.3) is 0 Å². The van der Waals surface area contributed by atoms with E-state index in [1.807, 2.05) is 11.9 Å². The van der Waals surface area contributed by atoms with Gasteiger partial charge >= 0.3 is 0 Å². The molecule has 2 aliphatic rings. The third-order valence-corrected chi connectivity index (χ3v) is 4.31. The third-order valence-electron chi connectivity index (χ3n) is 4.31. The molecule has 0 radical (unpaired) electrons. The van der Waals surface area contributed by atoms with E-state index in [-0.39, 0.29) is 0 Å². The highest BCUT2D eigenvalue weighted by Crippen LogP contribution is 2.32. The minimum Gasteiger partial charge on any atom is -0.342 e. The first-order chi connectivity index (χ1) is 9.63. The van der Waals surface area contributed by atoms with Crippen LogP contribution >= 0.6 is 0 Å². The van der Waals surface area contributed by atoms with Crippen LogP contribution in [0, 0.1) is 12.8 Å². The van der Waals surface area contributed by atoms with E-state index in [1.54, 1.807) is 6.92 Å². The molecule has 0 spiro atoms. The zero-order valence-corrected chi connectivity index (χ0v) is 12.2. The molecule has 1 saturated heterocycles. The van der Waals surface area contributed by atoms with Gasteiger partial charge in [0.15, 0.2) is 5.82 Å². The van der Waals surface area contributed by atoms with Crippen molar-refractivity contribution in [3.05, 3.63) is 11.7 Å². The van der Waals surface area contributed by atoms with Gasteiger partial charge in [0.1, 0.15) is 0 Å². The van der Waals surface area contributed by atoms with Crippen LogP contribution in [0.5, 0.6) is 0 Å². The molecule has 0 atom stereocenters. The Balaban J connectivity index is 1.47. The Morgan fingerprint density at radius 1 is 1.35 bits per heavy atom. The van der Waals surface area contributed by atoms with E-state index in [0.29, 0.717) is 23.8 Å². The molecule has 2 fully saturated rings. The Morgan fingerprint density at radius 3 is 2.60 bits per heavy atom. The first-order valence-electron chi connectivity index (χ1n) is 7.41. The van der Waals surface area contributed by atoms with E-state index >= 15 is 0 Å². The van der Waals surface area contributed by atoms with Gasteiger partial charge in [0, 0.05) is 39.0 Å². The van der Waals surface area contributed by atoms with Crippen molar-refractivity contribution in [2.24, 2.45) is 5.92 Å². The van der Waals surface area contributed by atoms with E-state index < -0.39 is 0 Å². The topological polar surface area (TPSA) is 62.5 Å². The van der Waals surface area contributed by atoms with Crippen LogP contribution in [-0.2, 0) is 11.3 Å². The van der Waals surface area contributed by atoms with Crippen LogP contribution in [0.1, 0.15) is 37.4 Å². The predicted molar refractivity (Wildman–Crippen MR) is 72.8 cm³/mol. The van der Waals surface area contributed by atoms with Gasteiger partial charge < -0.3 is 9.42 Å². The number of piperidine rings is 1. The Morgan fingerprint density at radius 2 is 2.05 bits per heavy atom. The molecule has 1 amide bonds. The van der Waals surface area contributed by atoms with Crippen LogP contribution in [0.4, 0.5) is 0 Å². The fraction of sp³-hybridized carbons (Fsp3) is 0.786. The number of carbonyl (C=O) groups excluding carboxylic acids is 1. The Kier molecular flexibility index (Phi) is 3.74. The highest BCUT2D eigenvalue weighted by atomic mass is 16.5. The van der Waals surface area contributed by atoms with Crippen LogP contribution in [0.2, 0.25) is 0 Å². The van der Waals surface area contributed by atoms with Crippen molar-refractivity contribution in [3.63, 3.8) is 0 Å². The molecule has 6 heteroatoms. The molecule has 1 saturated carbocycles. The summed E-state index contributed by atoms with van der Waals surface area (Å²) in [4.78, 5) is 20.6. The minimum atomic E-state index is 0.320. The largest absolute Gasteiger partial charge is 0.342 e. The predicted octanol–water partition coefficient (Wildman–Crippen LogP) is 1.21. The quantitative estimate of drug-likeness (QED) is 0.828. The lowest BCUT2D eigenvalue weighted by Gasteiger charge is -2.36. The lowest BCUT2D eigenvalue weighted by molar-refractivity contribution is -0.134. The van der Waals surface area contributed by atoms with Crippen LogP contribution in [0.3, 0.4) is 0 Å². The summed E-state index contributed by atoms with van der Waals surface area (Å²) in [5.41, 5.74) is 0. The fourth-order valence-electron chi connectivity index (χ4n) is 2.87. The second-order valence-corrected chi connectivity index (χ2v) is 5.96. The number of aryl methyl sites for hydroxylation is 1. The highest BCUT2D eigenvalue weighted by Gasteiger charge is 2.35. The van der Waals surface area contributed by atoms with Crippen LogP contribution in [-0.4, -0.2) is 52.0 Å². The maximum absolute atomic E-state index is 12.1. The molecule has 110 valence electrons. The van der Waals surface area contributed by atoms with E-state index in [1.165, 1.54) is 0 Å². The van der Waals surface area contributed by atoms with Crippen molar-refractivity contribution in [2.75, 3.05) is 20.1 Å². The summed E-state index contributed by atoms with van der Waals surface area (Å²) >= 11 is 0. The highest BCUT2D eigenvalue weighted by molar-refractivity contribution is 5.81. The maximum atomic E-state index is 12.1.